The van der Waals surface area contributed by atoms with Crippen LogP contribution in [0.25, 0.3) is 0 Å². The first-order chi connectivity index (χ1) is 14.9. The molecule has 0 saturated heterocycles. The number of aliphatic carboxylic acids is 1. The first-order valence-corrected chi connectivity index (χ1v) is 10.9. The van der Waals surface area contributed by atoms with Gasteiger partial charge in [0.1, 0.15) is 5.54 Å². The topological polar surface area (TPSA) is 95.5 Å². The lowest BCUT2D eigenvalue weighted by molar-refractivity contribution is -0.148. The van der Waals surface area contributed by atoms with Crippen molar-refractivity contribution in [3.8, 4) is 0 Å². The zero-order valence-corrected chi connectivity index (χ0v) is 18.0. The van der Waals surface area contributed by atoms with Gasteiger partial charge in [0.25, 0.3) is 0 Å². The van der Waals surface area contributed by atoms with Crippen molar-refractivity contribution in [2.75, 3.05) is 12.4 Å². The zero-order valence-electron chi connectivity index (χ0n) is 17.2. The zero-order chi connectivity index (χ0) is 22.2. The molecule has 2 aliphatic rings. The third kappa shape index (κ3) is 3.75. The summed E-state index contributed by atoms with van der Waals surface area (Å²) in [7, 11) is 1.56. The van der Waals surface area contributed by atoms with Crippen molar-refractivity contribution in [2.24, 2.45) is 5.92 Å². The fraction of sp³-hybridized carbons (Fsp3) is 0.375. The van der Waals surface area contributed by atoms with Gasteiger partial charge in [0.05, 0.1) is 0 Å². The van der Waals surface area contributed by atoms with Crippen molar-refractivity contribution in [1.82, 2.24) is 5.32 Å². The molecule has 1 heterocycles. The van der Waals surface area contributed by atoms with Crippen LogP contribution >= 0.6 is 11.6 Å². The van der Waals surface area contributed by atoms with Crippen LogP contribution < -0.4 is 10.6 Å². The van der Waals surface area contributed by atoms with Gasteiger partial charge in [-0.3, -0.25) is 14.4 Å². The molecular weight excluding hydrogens is 416 g/mol. The number of halogens is 1. The fourth-order valence-electron chi connectivity index (χ4n) is 5.29. The van der Waals surface area contributed by atoms with Crippen LogP contribution in [0.15, 0.2) is 48.5 Å². The second kappa shape index (κ2) is 8.44. The Balaban J connectivity index is 1.74. The number of carbonyl (C=O) groups is 3. The van der Waals surface area contributed by atoms with Crippen LogP contribution in [0.1, 0.15) is 47.5 Å². The highest BCUT2D eigenvalue weighted by Gasteiger charge is 2.55. The number of carboxylic acids is 1. The molecule has 1 fully saturated rings. The number of carbonyl (C=O) groups excluding carboxylic acids is 2. The summed E-state index contributed by atoms with van der Waals surface area (Å²) < 4.78 is 0. The van der Waals surface area contributed by atoms with E-state index in [1.165, 1.54) is 24.3 Å². The first-order valence-electron chi connectivity index (χ1n) is 10.5. The molecule has 162 valence electrons. The molecule has 4 rings (SSSR count). The Kier molecular flexibility index (Phi) is 5.86. The van der Waals surface area contributed by atoms with Crippen molar-refractivity contribution >= 4 is 34.8 Å². The summed E-state index contributed by atoms with van der Waals surface area (Å²) in [6.45, 7) is 0. The summed E-state index contributed by atoms with van der Waals surface area (Å²) in [5.41, 5.74) is 0.376. The molecule has 1 saturated carbocycles. The lowest BCUT2D eigenvalue weighted by Gasteiger charge is -2.46. The minimum Gasteiger partial charge on any atom is -0.480 e. The lowest BCUT2D eigenvalue weighted by Crippen LogP contribution is -2.60. The predicted octanol–water partition coefficient (Wildman–Crippen LogP) is 3.90. The quantitative estimate of drug-likeness (QED) is 0.446. The van der Waals surface area contributed by atoms with Gasteiger partial charge in [-0.25, -0.2) is 0 Å². The van der Waals surface area contributed by atoms with Crippen molar-refractivity contribution < 1.29 is 19.5 Å². The number of hydrogen-bond acceptors (Lipinski definition) is 5. The van der Waals surface area contributed by atoms with Crippen LogP contribution in [0.5, 0.6) is 0 Å². The summed E-state index contributed by atoms with van der Waals surface area (Å²) in [6, 6.07) is 13.8. The maximum atomic E-state index is 13.1. The number of likely N-dealkylation sites (N-methyl/N-ethyl adjacent to an activating group) is 1. The number of para-hydroxylation sites is 1. The Hall–Kier alpha value is -2.70. The third-order valence-corrected chi connectivity index (χ3v) is 7.04. The normalized spacial score (nSPS) is 23.7. The van der Waals surface area contributed by atoms with Crippen LogP contribution in [0, 0.1) is 5.92 Å². The van der Waals surface area contributed by atoms with Crippen LogP contribution in [0.2, 0.25) is 5.02 Å². The van der Waals surface area contributed by atoms with Gasteiger partial charge in [-0.15, -0.1) is 0 Å². The Bertz CT molecular complexity index is 1020. The molecule has 4 atom stereocenters. The van der Waals surface area contributed by atoms with E-state index in [4.69, 9.17) is 11.6 Å². The number of rotatable bonds is 7. The van der Waals surface area contributed by atoms with Gasteiger partial charge < -0.3 is 15.7 Å². The highest BCUT2D eigenvalue weighted by molar-refractivity contribution is 6.44. The Morgan fingerprint density at radius 1 is 1.13 bits per heavy atom. The maximum absolute atomic E-state index is 13.1. The Morgan fingerprint density at radius 3 is 2.52 bits per heavy atom. The van der Waals surface area contributed by atoms with Crippen LogP contribution in [-0.4, -0.2) is 41.3 Å². The fourth-order valence-corrected chi connectivity index (χ4v) is 5.42. The van der Waals surface area contributed by atoms with Gasteiger partial charge in [0, 0.05) is 34.7 Å². The van der Waals surface area contributed by atoms with E-state index in [1.54, 1.807) is 7.05 Å². The van der Waals surface area contributed by atoms with Crippen molar-refractivity contribution in [1.29, 1.82) is 0 Å². The standard InChI is InChI=1S/C24H25ClN2O4/c1-26-24(23(30)31,13-20(28)22(29)14-9-11-15(25)12-10-14)21-16-5-2-3-7-18(16)27-19-8-4-6-17(19)21/h2-3,5,7,9-12,17,19,21,26-27H,4,6,8,13H2,1H3,(H,30,31)/t17-,19+,21?,24?/m0/s1. The predicted molar refractivity (Wildman–Crippen MR) is 119 cm³/mol. The number of anilines is 1. The monoisotopic (exact) mass is 440 g/mol. The molecule has 0 amide bonds. The molecule has 2 unspecified atom stereocenters. The van der Waals surface area contributed by atoms with Gasteiger partial charge in [-0.05, 0) is 61.7 Å². The second-order valence-corrected chi connectivity index (χ2v) is 8.81. The molecule has 0 radical (unpaired) electrons. The van der Waals surface area contributed by atoms with E-state index in [-0.39, 0.29) is 17.5 Å². The van der Waals surface area contributed by atoms with Crippen LogP contribution in [0.4, 0.5) is 5.69 Å². The molecule has 6 nitrogen and oxygen atoms in total. The smallest absolute Gasteiger partial charge is 0.325 e. The van der Waals surface area contributed by atoms with E-state index in [0.717, 1.165) is 30.5 Å². The number of nitrogens with one attached hydrogen (secondary N) is 2. The largest absolute Gasteiger partial charge is 0.480 e. The van der Waals surface area contributed by atoms with E-state index in [9.17, 15) is 19.5 Å². The maximum Gasteiger partial charge on any atom is 0.325 e. The summed E-state index contributed by atoms with van der Waals surface area (Å²) >= 11 is 5.88. The number of carboxylic acid groups (broad SMARTS) is 1. The average Bonchev–Trinajstić information content (AvgIpc) is 3.23. The highest BCUT2D eigenvalue weighted by Crippen LogP contribution is 2.51. The van der Waals surface area contributed by atoms with E-state index >= 15 is 0 Å². The van der Waals surface area contributed by atoms with Gasteiger partial charge in [-0.1, -0.05) is 36.2 Å². The second-order valence-electron chi connectivity index (χ2n) is 8.37. The molecule has 2 aromatic rings. The molecule has 1 aliphatic carbocycles. The summed E-state index contributed by atoms with van der Waals surface area (Å²) in [5.74, 6) is -2.95. The highest BCUT2D eigenvalue weighted by atomic mass is 35.5. The van der Waals surface area contributed by atoms with Crippen LogP contribution in [0.3, 0.4) is 0 Å². The molecule has 3 N–H and O–H groups in total. The molecule has 31 heavy (non-hydrogen) atoms. The molecule has 0 spiro atoms. The van der Waals surface area contributed by atoms with Gasteiger partial charge in [-0.2, -0.15) is 0 Å². The number of Topliss-reactive ketones (excluding diaryl/α,β-unsaturated/α-hetero) is 2. The molecule has 1 aliphatic heterocycles. The number of fused-ring (bicyclic) bond motifs is 2. The number of benzene rings is 2. The first kappa shape index (κ1) is 21.5. The third-order valence-electron chi connectivity index (χ3n) is 6.79. The molecule has 0 aromatic heterocycles. The van der Waals surface area contributed by atoms with Crippen LogP contribution in [-0.2, 0) is 9.59 Å². The molecule has 7 heteroatoms. The van der Waals surface area contributed by atoms with Crippen molar-refractivity contribution in [2.45, 2.75) is 43.2 Å². The summed E-state index contributed by atoms with van der Waals surface area (Å²) in [5, 5.41) is 17.4. The summed E-state index contributed by atoms with van der Waals surface area (Å²) in [4.78, 5) is 38.6. The van der Waals surface area contributed by atoms with Crippen molar-refractivity contribution in [3.05, 3.63) is 64.7 Å². The minimum absolute atomic E-state index is 0.0527. The number of hydrogen-bond donors (Lipinski definition) is 3. The van der Waals surface area contributed by atoms with Gasteiger partial charge >= 0.3 is 5.97 Å². The minimum atomic E-state index is -1.59. The Morgan fingerprint density at radius 2 is 1.84 bits per heavy atom. The van der Waals surface area contributed by atoms with Gasteiger partial charge in [0.2, 0.25) is 11.6 Å². The SMILES string of the molecule is CNC(CC(=O)C(=O)c1ccc(Cl)cc1)(C(=O)O)C1c2ccccc2N[C@@H]2CCC[C@H]12. The lowest BCUT2D eigenvalue weighted by atomic mass is 9.65. The molecular formula is C24H25ClN2O4. The van der Waals surface area contributed by atoms with Gasteiger partial charge in [0.15, 0.2) is 0 Å². The number of ketones is 2. The van der Waals surface area contributed by atoms with E-state index in [2.05, 4.69) is 10.6 Å². The summed E-state index contributed by atoms with van der Waals surface area (Å²) in [6.07, 6.45) is 2.38. The van der Waals surface area contributed by atoms with E-state index in [1.807, 2.05) is 24.3 Å². The van der Waals surface area contributed by atoms with E-state index in [0.29, 0.717) is 5.02 Å². The molecule has 0 bridgehead atoms. The molecule has 2 aromatic carbocycles. The van der Waals surface area contributed by atoms with E-state index < -0.39 is 35.4 Å². The Labute approximate surface area is 186 Å². The van der Waals surface area contributed by atoms with Crippen molar-refractivity contribution in [3.63, 3.8) is 0 Å². The average molecular weight is 441 g/mol.